The molecular weight excluding hydrogens is 286 g/mol. The Morgan fingerprint density at radius 2 is 2.00 bits per heavy atom. The fourth-order valence-electron chi connectivity index (χ4n) is 2.23. The van der Waals surface area contributed by atoms with E-state index in [0.29, 0.717) is 28.8 Å². The summed E-state index contributed by atoms with van der Waals surface area (Å²) in [5, 5.41) is 9.90. The van der Waals surface area contributed by atoms with Crippen LogP contribution in [0.1, 0.15) is 12.6 Å². The van der Waals surface area contributed by atoms with Crippen molar-refractivity contribution < 1.29 is 4.74 Å². The van der Waals surface area contributed by atoms with Crippen molar-refractivity contribution >= 4 is 17.2 Å². The van der Waals surface area contributed by atoms with Crippen LogP contribution < -0.4 is 4.74 Å². The molecule has 0 fully saturated rings. The second-order valence-electron chi connectivity index (χ2n) is 4.42. The van der Waals surface area contributed by atoms with E-state index in [9.17, 15) is 5.26 Å². The number of pyridine rings is 1. The van der Waals surface area contributed by atoms with Crippen molar-refractivity contribution in [2.45, 2.75) is 6.92 Å². The van der Waals surface area contributed by atoms with Gasteiger partial charge in [0.2, 0.25) is 0 Å². The van der Waals surface area contributed by atoms with Crippen molar-refractivity contribution in [3.05, 3.63) is 53.3 Å². The van der Waals surface area contributed by atoms with Gasteiger partial charge in [0.05, 0.1) is 6.61 Å². The molecule has 0 radical (unpaired) electrons. The fraction of sp³-hybridized carbons (Fsp3) is 0.125. The molecule has 4 nitrogen and oxygen atoms in total. The molecule has 0 N–H and O–H groups in total. The molecule has 0 aliphatic heterocycles. The molecular formula is C16H12ClN3O. The number of rotatable bonds is 3. The third kappa shape index (κ3) is 2.32. The maximum absolute atomic E-state index is 9.44. The summed E-state index contributed by atoms with van der Waals surface area (Å²) in [6, 6.07) is 15.1. The molecule has 0 bridgehead atoms. The molecule has 3 rings (SSSR count). The van der Waals surface area contributed by atoms with E-state index in [1.54, 1.807) is 10.5 Å². The molecule has 0 saturated heterocycles. The van der Waals surface area contributed by atoms with Crippen LogP contribution in [0.3, 0.4) is 0 Å². The average molecular weight is 298 g/mol. The third-order valence-corrected chi connectivity index (χ3v) is 3.44. The first kappa shape index (κ1) is 13.5. The first-order chi connectivity index (χ1) is 10.2. The number of hydrogen-bond donors (Lipinski definition) is 0. The Hall–Kier alpha value is -2.51. The highest BCUT2D eigenvalue weighted by Gasteiger charge is 2.15. The maximum Gasteiger partial charge on any atom is 0.153 e. The minimum atomic E-state index is 0.430. The number of benzene rings is 1. The molecule has 0 aliphatic carbocycles. The van der Waals surface area contributed by atoms with Crippen LogP contribution in [0.5, 0.6) is 5.75 Å². The molecule has 0 amide bonds. The predicted octanol–water partition coefficient (Wildman–Crippen LogP) is 3.93. The first-order valence-electron chi connectivity index (χ1n) is 6.55. The highest BCUT2D eigenvalue weighted by molar-refractivity contribution is 6.29. The molecule has 5 heteroatoms. The Balaban J connectivity index is 2.16. The van der Waals surface area contributed by atoms with E-state index in [0.717, 1.165) is 11.3 Å². The summed E-state index contributed by atoms with van der Waals surface area (Å²) in [5.41, 5.74) is 2.56. The lowest BCUT2D eigenvalue weighted by Gasteiger charge is -2.03. The Labute approximate surface area is 127 Å². The Bertz CT molecular complexity index is 831. The van der Waals surface area contributed by atoms with Gasteiger partial charge < -0.3 is 4.74 Å². The summed E-state index contributed by atoms with van der Waals surface area (Å²) in [4.78, 5) is 4.51. The Morgan fingerprint density at radius 3 is 2.67 bits per heavy atom. The van der Waals surface area contributed by atoms with Gasteiger partial charge in [-0.3, -0.25) is 4.40 Å². The minimum absolute atomic E-state index is 0.430. The van der Waals surface area contributed by atoms with Gasteiger partial charge in [-0.05, 0) is 43.3 Å². The quantitative estimate of drug-likeness (QED) is 0.688. The predicted molar refractivity (Wildman–Crippen MR) is 81.5 cm³/mol. The zero-order chi connectivity index (χ0) is 14.8. The lowest BCUT2D eigenvalue weighted by atomic mass is 10.1. The minimum Gasteiger partial charge on any atom is -0.494 e. The summed E-state index contributed by atoms with van der Waals surface area (Å²) in [6.07, 6.45) is 0. The number of hydrogen-bond acceptors (Lipinski definition) is 3. The Morgan fingerprint density at radius 1 is 1.24 bits per heavy atom. The summed E-state index contributed by atoms with van der Waals surface area (Å²) in [6.45, 7) is 2.55. The largest absolute Gasteiger partial charge is 0.494 e. The number of halogens is 1. The van der Waals surface area contributed by atoms with Gasteiger partial charge >= 0.3 is 0 Å². The van der Waals surface area contributed by atoms with Crippen molar-refractivity contribution in [3.8, 4) is 23.1 Å². The normalized spacial score (nSPS) is 10.5. The molecule has 0 aliphatic rings. The molecule has 2 aromatic heterocycles. The fourth-order valence-corrected chi connectivity index (χ4v) is 2.48. The van der Waals surface area contributed by atoms with E-state index < -0.39 is 0 Å². The number of fused-ring (bicyclic) bond motifs is 1. The van der Waals surface area contributed by atoms with E-state index in [-0.39, 0.29) is 0 Å². The van der Waals surface area contributed by atoms with Crippen LogP contribution in [0, 0.1) is 11.3 Å². The zero-order valence-corrected chi connectivity index (χ0v) is 12.1. The van der Waals surface area contributed by atoms with Crippen molar-refractivity contribution in [1.82, 2.24) is 9.38 Å². The van der Waals surface area contributed by atoms with Crippen LogP contribution in [0.4, 0.5) is 0 Å². The molecule has 0 spiro atoms. The smallest absolute Gasteiger partial charge is 0.153 e. The zero-order valence-electron chi connectivity index (χ0n) is 11.4. The van der Waals surface area contributed by atoms with Gasteiger partial charge in [0.1, 0.15) is 28.3 Å². The van der Waals surface area contributed by atoms with Crippen LogP contribution >= 0.6 is 11.6 Å². The van der Waals surface area contributed by atoms with E-state index in [2.05, 4.69) is 11.1 Å². The van der Waals surface area contributed by atoms with Crippen molar-refractivity contribution in [2.24, 2.45) is 0 Å². The van der Waals surface area contributed by atoms with E-state index in [1.165, 1.54) is 0 Å². The molecule has 0 saturated carbocycles. The highest BCUT2D eigenvalue weighted by Crippen LogP contribution is 2.27. The Kier molecular flexibility index (Phi) is 3.51. The van der Waals surface area contributed by atoms with Crippen molar-refractivity contribution in [1.29, 1.82) is 5.26 Å². The van der Waals surface area contributed by atoms with Crippen LogP contribution in [0.25, 0.3) is 16.9 Å². The third-order valence-electron chi connectivity index (χ3n) is 3.14. The lowest BCUT2D eigenvalue weighted by molar-refractivity contribution is 0.340. The number of nitrogens with zero attached hydrogens (tertiary/aromatic N) is 3. The lowest BCUT2D eigenvalue weighted by Crippen LogP contribution is -1.92. The highest BCUT2D eigenvalue weighted by atomic mass is 35.5. The number of aromatic nitrogens is 2. The van der Waals surface area contributed by atoms with Gasteiger partial charge in [0.25, 0.3) is 0 Å². The topological polar surface area (TPSA) is 50.3 Å². The maximum atomic E-state index is 9.44. The number of imidazole rings is 1. The molecule has 2 heterocycles. The molecule has 3 aromatic rings. The van der Waals surface area contributed by atoms with Crippen molar-refractivity contribution in [2.75, 3.05) is 6.61 Å². The SMILES string of the molecule is CCOc1ccc(-c2nc3cccc(Cl)n3c2C#N)cc1. The number of ether oxygens (including phenoxy) is 1. The first-order valence-corrected chi connectivity index (χ1v) is 6.92. The van der Waals surface area contributed by atoms with Gasteiger partial charge in [0.15, 0.2) is 5.69 Å². The second-order valence-corrected chi connectivity index (χ2v) is 4.81. The van der Waals surface area contributed by atoms with Gasteiger partial charge in [-0.15, -0.1) is 0 Å². The van der Waals surface area contributed by atoms with Crippen LogP contribution in [-0.2, 0) is 0 Å². The summed E-state index contributed by atoms with van der Waals surface area (Å²) in [7, 11) is 0. The average Bonchev–Trinajstić information content (AvgIpc) is 2.88. The monoisotopic (exact) mass is 297 g/mol. The summed E-state index contributed by atoms with van der Waals surface area (Å²) < 4.78 is 7.07. The van der Waals surface area contributed by atoms with Crippen LogP contribution in [-0.4, -0.2) is 16.0 Å². The van der Waals surface area contributed by atoms with Crippen LogP contribution in [0.15, 0.2) is 42.5 Å². The number of nitriles is 1. The van der Waals surface area contributed by atoms with Gasteiger partial charge in [0, 0.05) is 5.56 Å². The molecule has 104 valence electrons. The standard InChI is InChI=1S/C16H12ClN3O/c1-2-21-12-8-6-11(7-9-12)16-13(10-18)20-14(17)4-3-5-15(20)19-16/h3-9H,2H2,1H3. The van der Waals surface area contributed by atoms with Gasteiger partial charge in [-0.1, -0.05) is 17.7 Å². The van der Waals surface area contributed by atoms with Gasteiger partial charge in [-0.2, -0.15) is 5.26 Å². The summed E-state index contributed by atoms with van der Waals surface area (Å²) >= 11 is 6.16. The van der Waals surface area contributed by atoms with E-state index in [1.807, 2.05) is 43.3 Å². The van der Waals surface area contributed by atoms with Gasteiger partial charge in [-0.25, -0.2) is 4.98 Å². The van der Waals surface area contributed by atoms with E-state index >= 15 is 0 Å². The molecule has 0 unspecified atom stereocenters. The second kappa shape index (κ2) is 5.47. The summed E-state index contributed by atoms with van der Waals surface area (Å²) in [5.74, 6) is 0.793. The molecule has 0 atom stereocenters. The van der Waals surface area contributed by atoms with E-state index in [4.69, 9.17) is 16.3 Å². The molecule has 1 aromatic carbocycles. The van der Waals surface area contributed by atoms with Crippen LogP contribution in [0.2, 0.25) is 5.15 Å². The van der Waals surface area contributed by atoms with Crippen molar-refractivity contribution in [3.63, 3.8) is 0 Å². The molecule has 21 heavy (non-hydrogen) atoms.